The Bertz CT molecular complexity index is 1300. The van der Waals surface area contributed by atoms with Crippen molar-refractivity contribution in [2.45, 2.75) is 71.4 Å². The molecule has 1 amide bonds. The largest absolute Gasteiger partial charge is 0.465 e. The second-order valence-electron chi connectivity index (χ2n) is 10.1. The molecule has 3 rings (SSSR count). The lowest BCUT2D eigenvalue weighted by Crippen LogP contribution is -2.38. The summed E-state index contributed by atoms with van der Waals surface area (Å²) in [4.78, 5) is 52.2. The van der Waals surface area contributed by atoms with Crippen molar-refractivity contribution in [3.05, 3.63) is 41.4 Å². The van der Waals surface area contributed by atoms with Crippen molar-refractivity contribution in [2.24, 2.45) is 5.41 Å². The van der Waals surface area contributed by atoms with Crippen LogP contribution >= 0.6 is 23.4 Å². The van der Waals surface area contributed by atoms with Crippen LogP contribution in [0.15, 0.2) is 35.9 Å². The molecule has 2 aromatic heterocycles. The molecule has 2 heterocycles. The third-order valence-corrected chi connectivity index (χ3v) is 7.07. The maximum atomic E-state index is 13.5. The second-order valence-corrected chi connectivity index (χ2v) is 11.4. The van der Waals surface area contributed by atoms with Gasteiger partial charge in [-0.25, -0.2) is 15.0 Å². The highest BCUT2D eigenvalue weighted by molar-refractivity contribution is 8.00. The zero-order chi connectivity index (χ0) is 27.9. The summed E-state index contributed by atoms with van der Waals surface area (Å²) in [5, 5.41) is 3.61. The fourth-order valence-corrected chi connectivity index (χ4v) is 4.74. The molecule has 0 bridgehead atoms. The average molecular weight is 560 g/mol. The van der Waals surface area contributed by atoms with Gasteiger partial charge in [-0.05, 0) is 31.0 Å². The van der Waals surface area contributed by atoms with E-state index in [1.54, 1.807) is 32.9 Å². The van der Waals surface area contributed by atoms with Gasteiger partial charge in [0.25, 0.3) is 5.91 Å². The molecular formula is C27H34ClN5O4S. The molecule has 0 spiro atoms. The number of ether oxygens (including phenoxy) is 1. The Morgan fingerprint density at radius 2 is 1.89 bits per heavy atom. The summed E-state index contributed by atoms with van der Waals surface area (Å²) < 4.78 is 6.75. The molecule has 3 aromatic rings. The van der Waals surface area contributed by atoms with Gasteiger partial charge >= 0.3 is 5.97 Å². The number of nitrogens with zero attached hydrogens (tertiary/aromatic N) is 4. The molecule has 0 saturated carbocycles. The van der Waals surface area contributed by atoms with Gasteiger partial charge in [-0.1, -0.05) is 76.4 Å². The van der Waals surface area contributed by atoms with E-state index in [1.807, 2.05) is 13.0 Å². The number of carbonyl (C=O) groups is 3. The van der Waals surface area contributed by atoms with E-state index < -0.39 is 17.4 Å². The van der Waals surface area contributed by atoms with Crippen LogP contribution < -0.4 is 5.32 Å². The van der Waals surface area contributed by atoms with Crippen molar-refractivity contribution >= 4 is 57.9 Å². The first-order valence-electron chi connectivity index (χ1n) is 12.6. The SMILES string of the molecule is CCCCCCOC(=O)CSc1ncnc2c1ncn2C(C(=O)Nc1ccc(C)cc1Cl)C(=O)C(C)(C)C. The minimum atomic E-state index is -1.25. The van der Waals surface area contributed by atoms with E-state index in [-0.39, 0.29) is 17.5 Å². The number of nitrogens with one attached hydrogen (secondary N) is 1. The van der Waals surface area contributed by atoms with Crippen LogP contribution in [-0.2, 0) is 19.1 Å². The van der Waals surface area contributed by atoms with Crippen molar-refractivity contribution in [1.29, 1.82) is 0 Å². The molecule has 0 saturated heterocycles. The molecule has 1 atom stereocenters. The number of unbranched alkanes of at least 4 members (excludes halogenated alkanes) is 3. The van der Waals surface area contributed by atoms with E-state index in [2.05, 4.69) is 27.2 Å². The van der Waals surface area contributed by atoms with Crippen LogP contribution in [0.25, 0.3) is 11.2 Å². The maximum absolute atomic E-state index is 13.5. The molecule has 0 fully saturated rings. The van der Waals surface area contributed by atoms with E-state index in [4.69, 9.17) is 16.3 Å². The quantitative estimate of drug-likeness (QED) is 0.0973. The third kappa shape index (κ3) is 7.54. The van der Waals surface area contributed by atoms with E-state index >= 15 is 0 Å². The topological polar surface area (TPSA) is 116 Å². The fourth-order valence-electron chi connectivity index (χ4n) is 3.71. The number of benzene rings is 1. The van der Waals surface area contributed by atoms with E-state index in [0.717, 1.165) is 31.2 Å². The van der Waals surface area contributed by atoms with Crippen LogP contribution in [-0.4, -0.2) is 49.5 Å². The lowest BCUT2D eigenvalue weighted by Gasteiger charge is -2.25. The number of hydrogen-bond donors (Lipinski definition) is 1. The van der Waals surface area contributed by atoms with Crippen LogP contribution in [0.3, 0.4) is 0 Å². The maximum Gasteiger partial charge on any atom is 0.316 e. The Labute approximate surface area is 232 Å². The monoisotopic (exact) mass is 559 g/mol. The molecule has 0 aliphatic heterocycles. The number of fused-ring (bicyclic) bond motifs is 1. The summed E-state index contributed by atoms with van der Waals surface area (Å²) in [6, 6.07) is 4.00. The molecule has 9 nitrogen and oxygen atoms in total. The predicted molar refractivity (Wildman–Crippen MR) is 149 cm³/mol. The van der Waals surface area contributed by atoms with E-state index in [1.165, 1.54) is 29.0 Å². The van der Waals surface area contributed by atoms with Gasteiger partial charge < -0.3 is 10.1 Å². The summed E-state index contributed by atoms with van der Waals surface area (Å²) in [7, 11) is 0. The molecule has 0 radical (unpaired) electrons. The molecule has 1 unspecified atom stereocenters. The van der Waals surface area contributed by atoms with Crippen LogP contribution in [0.4, 0.5) is 5.69 Å². The zero-order valence-corrected chi connectivity index (χ0v) is 24.0. The minimum Gasteiger partial charge on any atom is -0.465 e. The first kappa shape index (κ1) is 29.6. The van der Waals surface area contributed by atoms with Gasteiger partial charge in [0.1, 0.15) is 16.9 Å². The summed E-state index contributed by atoms with van der Waals surface area (Å²) in [5.74, 6) is -1.16. The highest BCUT2D eigenvalue weighted by Crippen LogP contribution is 2.31. The van der Waals surface area contributed by atoms with Crippen LogP contribution in [0.1, 0.15) is 65.0 Å². The van der Waals surface area contributed by atoms with E-state index in [9.17, 15) is 14.4 Å². The Kier molecular flexibility index (Phi) is 10.3. The smallest absolute Gasteiger partial charge is 0.316 e. The predicted octanol–water partition coefficient (Wildman–Crippen LogP) is 5.80. The van der Waals surface area contributed by atoms with Gasteiger partial charge in [0.05, 0.1) is 29.4 Å². The molecule has 11 heteroatoms. The van der Waals surface area contributed by atoms with Crippen molar-refractivity contribution in [1.82, 2.24) is 19.5 Å². The summed E-state index contributed by atoms with van der Waals surface area (Å²) in [5.41, 5.74) is 1.21. The van der Waals surface area contributed by atoms with Crippen molar-refractivity contribution in [2.75, 3.05) is 17.7 Å². The number of rotatable bonds is 12. The number of thioether (sulfide) groups is 1. The summed E-state index contributed by atoms with van der Waals surface area (Å²) in [6.07, 6.45) is 6.82. The number of carbonyl (C=O) groups excluding carboxylic acids is 3. The Balaban J connectivity index is 1.84. The van der Waals surface area contributed by atoms with Crippen molar-refractivity contribution in [3.63, 3.8) is 0 Å². The Hall–Kier alpha value is -2.98. The first-order valence-corrected chi connectivity index (χ1v) is 14.0. The number of anilines is 1. The number of aryl methyl sites for hydroxylation is 1. The van der Waals surface area contributed by atoms with Gasteiger partial charge in [-0.15, -0.1) is 0 Å². The molecule has 1 N–H and O–H groups in total. The Morgan fingerprint density at radius 3 is 2.58 bits per heavy atom. The molecule has 204 valence electrons. The normalized spacial score (nSPS) is 12.4. The van der Waals surface area contributed by atoms with Gasteiger partial charge in [-0.3, -0.25) is 19.0 Å². The molecular weight excluding hydrogens is 526 g/mol. The van der Waals surface area contributed by atoms with Crippen molar-refractivity contribution < 1.29 is 19.1 Å². The molecule has 1 aromatic carbocycles. The number of imidazole rings is 1. The highest BCUT2D eigenvalue weighted by atomic mass is 35.5. The minimum absolute atomic E-state index is 0.0590. The average Bonchev–Trinajstić information content (AvgIpc) is 3.28. The van der Waals surface area contributed by atoms with Crippen LogP contribution in [0.5, 0.6) is 0 Å². The molecule has 0 aliphatic carbocycles. The second kappa shape index (κ2) is 13.2. The lowest BCUT2D eigenvalue weighted by atomic mass is 9.86. The lowest BCUT2D eigenvalue weighted by molar-refractivity contribution is -0.140. The number of ketones is 1. The number of aromatic nitrogens is 4. The number of Topliss-reactive ketones (excluding diaryl/α,β-unsaturated/α-hetero) is 1. The Morgan fingerprint density at radius 1 is 1.13 bits per heavy atom. The van der Waals surface area contributed by atoms with Crippen molar-refractivity contribution in [3.8, 4) is 0 Å². The number of hydrogen-bond acceptors (Lipinski definition) is 8. The number of halogens is 1. The van der Waals surface area contributed by atoms with Gasteiger partial charge in [0.2, 0.25) is 0 Å². The third-order valence-electron chi connectivity index (χ3n) is 5.81. The van der Waals surface area contributed by atoms with Crippen LogP contribution in [0.2, 0.25) is 5.02 Å². The van der Waals surface area contributed by atoms with Gasteiger partial charge in [-0.2, -0.15) is 0 Å². The number of amides is 1. The summed E-state index contributed by atoms with van der Waals surface area (Å²) in [6.45, 7) is 9.65. The zero-order valence-electron chi connectivity index (χ0n) is 22.4. The van der Waals surface area contributed by atoms with Gasteiger partial charge in [0.15, 0.2) is 17.5 Å². The van der Waals surface area contributed by atoms with Gasteiger partial charge in [0, 0.05) is 5.41 Å². The van der Waals surface area contributed by atoms with E-state index in [0.29, 0.717) is 33.5 Å². The van der Waals surface area contributed by atoms with Crippen LogP contribution in [0, 0.1) is 12.3 Å². The number of esters is 1. The molecule has 0 aliphatic rings. The standard InChI is InChI=1S/C27H34ClN5O4S/c1-6-7-8-9-12-37-20(34)14-38-26-21-24(29-15-30-26)33(16-31-21)22(23(35)27(3,4)5)25(36)32-19-11-10-17(2)13-18(19)28/h10-11,13,15-16,22H,6-9,12,14H2,1-5H3,(H,32,36). The highest BCUT2D eigenvalue weighted by Gasteiger charge is 2.37. The fraction of sp³-hybridized carbons (Fsp3) is 0.481. The summed E-state index contributed by atoms with van der Waals surface area (Å²) >= 11 is 7.50. The molecule has 38 heavy (non-hydrogen) atoms. The first-order chi connectivity index (χ1) is 18.0.